The highest BCUT2D eigenvalue weighted by Gasteiger charge is 1.98. The summed E-state index contributed by atoms with van der Waals surface area (Å²) in [6.45, 7) is 5.02. The quantitative estimate of drug-likeness (QED) is 0.261. The summed E-state index contributed by atoms with van der Waals surface area (Å²) in [6, 6.07) is 17.9. The van der Waals surface area contributed by atoms with Crippen LogP contribution in [-0.4, -0.2) is 25.8 Å². The Morgan fingerprint density at radius 1 is 1.00 bits per heavy atom. The fourth-order valence-electron chi connectivity index (χ4n) is 2.16. The number of para-hydroxylation sites is 1. The Kier molecular flexibility index (Phi) is 10.9. The first-order valence-electron chi connectivity index (χ1n) is 8.13. The van der Waals surface area contributed by atoms with Gasteiger partial charge in [-0.3, -0.25) is 0 Å². The summed E-state index contributed by atoms with van der Waals surface area (Å²) < 4.78 is 10.8. The second-order valence-corrected chi connectivity index (χ2v) is 5.26. The van der Waals surface area contributed by atoms with Crippen molar-refractivity contribution in [3.63, 3.8) is 0 Å². The van der Waals surface area contributed by atoms with Crippen molar-refractivity contribution < 1.29 is 9.47 Å². The number of nitrogens with one attached hydrogen (secondary N) is 1. The van der Waals surface area contributed by atoms with Gasteiger partial charge in [-0.05, 0) is 30.2 Å². The molecule has 0 bridgehead atoms. The van der Waals surface area contributed by atoms with Crippen molar-refractivity contribution in [1.29, 1.82) is 0 Å². The predicted octanol–water partition coefficient (Wildman–Crippen LogP) is 3.78. The molecule has 0 atom stereocenters. The number of hydrogen-bond acceptors (Lipinski definition) is 3. The summed E-state index contributed by atoms with van der Waals surface area (Å²) in [5, 5.41) is 3.07. The summed E-state index contributed by atoms with van der Waals surface area (Å²) in [5.74, 6) is 0.402. The predicted molar refractivity (Wildman–Crippen MR) is 113 cm³/mol. The Hall–Kier alpha value is -1.64. The fourth-order valence-corrected chi connectivity index (χ4v) is 2.16. The maximum absolute atomic E-state index is 5.92. The number of hydrogen-bond donors (Lipinski definition) is 2. The Bertz CT molecular complexity index is 636. The molecular formula is C19H26IN3O2. The number of ether oxygens (including phenoxy) is 2. The molecule has 5 nitrogen and oxygen atoms in total. The highest BCUT2D eigenvalue weighted by atomic mass is 127. The molecular weight excluding hydrogens is 429 g/mol. The van der Waals surface area contributed by atoms with Gasteiger partial charge in [0.25, 0.3) is 0 Å². The molecule has 0 aromatic heterocycles. The minimum atomic E-state index is 0. The SMILES string of the molecule is CCOCCOCc1cccc(CN=C(N)Nc2ccccc2)c1.I. The molecule has 0 aliphatic carbocycles. The van der Waals surface area contributed by atoms with E-state index in [9.17, 15) is 0 Å². The van der Waals surface area contributed by atoms with Crippen molar-refractivity contribution in [2.24, 2.45) is 10.7 Å². The smallest absolute Gasteiger partial charge is 0.193 e. The van der Waals surface area contributed by atoms with Crippen LogP contribution in [0.3, 0.4) is 0 Å². The van der Waals surface area contributed by atoms with Gasteiger partial charge in [0.2, 0.25) is 0 Å². The lowest BCUT2D eigenvalue weighted by atomic mass is 10.1. The van der Waals surface area contributed by atoms with Crippen LogP contribution in [0.4, 0.5) is 5.69 Å². The Balaban J connectivity index is 0.00000312. The summed E-state index contributed by atoms with van der Waals surface area (Å²) >= 11 is 0. The van der Waals surface area contributed by atoms with Crippen molar-refractivity contribution in [3.05, 3.63) is 65.7 Å². The van der Waals surface area contributed by atoms with E-state index >= 15 is 0 Å². The van der Waals surface area contributed by atoms with E-state index in [0.717, 1.165) is 23.4 Å². The molecule has 6 heteroatoms. The fraction of sp³-hybridized carbons (Fsp3) is 0.316. The van der Waals surface area contributed by atoms with Gasteiger partial charge in [-0.15, -0.1) is 24.0 Å². The van der Waals surface area contributed by atoms with Gasteiger partial charge in [0.15, 0.2) is 5.96 Å². The lowest BCUT2D eigenvalue weighted by Gasteiger charge is -2.07. The van der Waals surface area contributed by atoms with E-state index in [4.69, 9.17) is 15.2 Å². The highest BCUT2D eigenvalue weighted by Crippen LogP contribution is 2.09. The number of anilines is 1. The number of rotatable bonds is 9. The number of aliphatic imine (C=N–C) groups is 1. The molecule has 0 amide bonds. The molecule has 0 aliphatic heterocycles. The average Bonchev–Trinajstić information content (AvgIpc) is 2.61. The molecule has 0 spiro atoms. The van der Waals surface area contributed by atoms with E-state index in [1.807, 2.05) is 55.5 Å². The second-order valence-electron chi connectivity index (χ2n) is 5.26. The average molecular weight is 455 g/mol. The zero-order valence-corrected chi connectivity index (χ0v) is 16.8. The Morgan fingerprint density at radius 2 is 1.72 bits per heavy atom. The van der Waals surface area contributed by atoms with Crippen molar-refractivity contribution in [2.75, 3.05) is 25.1 Å². The number of benzene rings is 2. The monoisotopic (exact) mass is 455 g/mol. The normalized spacial score (nSPS) is 11.0. The van der Waals surface area contributed by atoms with Gasteiger partial charge >= 0.3 is 0 Å². The summed E-state index contributed by atoms with van der Waals surface area (Å²) in [6.07, 6.45) is 0. The van der Waals surface area contributed by atoms with Gasteiger partial charge in [0.1, 0.15) is 0 Å². The molecule has 0 radical (unpaired) electrons. The van der Waals surface area contributed by atoms with Gasteiger partial charge in [-0.1, -0.05) is 42.5 Å². The first kappa shape index (κ1) is 21.4. The number of guanidine groups is 1. The van der Waals surface area contributed by atoms with Gasteiger partial charge < -0.3 is 20.5 Å². The Labute approximate surface area is 166 Å². The third-order valence-corrected chi connectivity index (χ3v) is 3.31. The second kappa shape index (κ2) is 12.7. The molecule has 0 aliphatic rings. The van der Waals surface area contributed by atoms with Crippen molar-refractivity contribution in [1.82, 2.24) is 0 Å². The van der Waals surface area contributed by atoms with Crippen molar-refractivity contribution in [2.45, 2.75) is 20.1 Å². The molecule has 2 rings (SSSR count). The molecule has 0 saturated heterocycles. The summed E-state index contributed by atoms with van der Waals surface area (Å²) in [4.78, 5) is 4.37. The zero-order valence-electron chi connectivity index (χ0n) is 14.5. The minimum Gasteiger partial charge on any atom is -0.379 e. The molecule has 0 saturated carbocycles. The number of nitrogens with zero attached hydrogens (tertiary/aromatic N) is 1. The molecule has 2 aromatic rings. The molecule has 0 unspecified atom stereocenters. The van der Waals surface area contributed by atoms with Crippen LogP contribution in [0, 0.1) is 0 Å². The maximum atomic E-state index is 5.92. The van der Waals surface area contributed by atoms with Crippen LogP contribution in [-0.2, 0) is 22.6 Å². The van der Waals surface area contributed by atoms with Crippen LogP contribution in [0.25, 0.3) is 0 Å². The first-order valence-corrected chi connectivity index (χ1v) is 8.13. The van der Waals surface area contributed by atoms with E-state index in [0.29, 0.717) is 32.3 Å². The van der Waals surface area contributed by atoms with Crippen LogP contribution in [0.15, 0.2) is 59.6 Å². The van der Waals surface area contributed by atoms with Crippen LogP contribution in [0.5, 0.6) is 0 Å². The molecule has 136 valence electrons. The van der Waals surface area contributed by atoms with E-state index < -0.39 is 0 Å². The maximum Gasteiger partial charge on any atom is 0.193 e. The minimum absolute atomic E-state index is 0. The lowest BCUT2D eigenvalue weighted by molar-refractivity contribution is 0.0453. The standard InChI is InChI=1S/C19H25N3O2.HI/c1-2-23-11-12-24-15-17-8-6-7-16(13-17)14-21-19(20)22-18-9-4-3-5-10-18;/h3-10,13H,2,11-12,14-15H2,1H3,(H3,20,21,22);1H. The largest absolute Gasteiger partial charge is 0.379 e. The topological polar surface area (TPSA) is 68.9 Å². The lowest BCUT2D eigenvalue weighted by Crippen LogP contribution is -2.22. The van der Waals surface area contributed by atoms with E-state index in [-0.39, 0.29) is 24.0 Å². The van der Waals surface area contributed by atoms with E-state index in [1.165, 1.54) is 0 Å². The molecule has 0 heterocycles. The number of nitrogens with two attached hydrogens (primary N) is 1. The highest BCUT2D eigenvalue weighted by molar-refractivity contribution is 14.0. The first-order chi connectivity index (χ1) is 11.8. The summed E-state index contributed by atoms with van der Waals surface area (Å²) in [5.41, 5.74) is 9.06. The van der Waals surface area contributed by atoms with Crippen LogP contribution in [0.2, 0.25) is 0 Å². The van der Waals surface area contributed by atoms with Gasteiger partial charge in [-0.25, -0.2) is 4.99 Å². The van der Waals surface area contributed by atoms with Gasteiger partial charge in [0, 0.05) is 12.3 Å². The van der Waals surface area contributed by atoms with Crippen LogP contribution in [0.1, 0.15) is 18.1 Å². The van der Waals surface area contributed by atoms with Gasteiger partial charge in [-0.2, -0.15) is 0 Å². The van der Waals surface area contributed by atoms with E-state index in [1.54, 1.807) is 0 Å². The van der Waals surface area contributed by atoms with Crippen molar-refractivity contribution in [3.8, 4) is 0 Å². The third-order valence-electron chi connectivity index (χ3n) is 3.31. The van der Waals surface area contributed by atoms with Crippen molar-refractivity contribution >= 4 is 35.6 Å². The third kappa shape index (κ3) is 8.85. The summed E-state index contributed by atoms with van der Waals surface area (Å²) in [7, 11) is 0. The van der Waals surface area contributed by atoms with Crippen LogP contribution >= 0.6 is 24.0 Å². The molecule has 25 heavy (non-hydrogen) atoms. The number of halogens is 1. The van der Waals surface area contributed by atoms with Gasteiger partial charge in [0.05, 0.1) is 26.4 Å². The molecule has 3 N–H and O–H groups in total. The van der Waals surface area contributed by atoms with E-state index in [2.05, 4.69) is 16.4 Å². The molecule has 2 aromatic carbocycles. The van der Waals surface area contributed by atoms with Crippen LogP contribution < -0.4 is 11.1 Å². The Morgan fingerprint density at radius 3 is 2.48 bits per heavy atom. The zero-order chi connectivity index (χ0) is 17.0. The molecule has 0 fully saturated rings.